The predicted molar refractivity (Wildman–Crippen MR) is 102 cm³/mol. The molecule has 6 heteroatoms. The first-order valence-electron chi connectivity index (χ1n) is 8.12. The number of rotatable bonds is 8. The van der Waals surface area contributed by atoms with Gasteiger partial charge in [-0.05, 0) is 35.7 Å². The number of hydrogen-bond donors (Lipinski definition) is 2. The molecule has 1 amide bonds. The van der Waals surface area contributed by atoms with Crippen molar-refractivity contribution >= 4 is 17.5 Å². The topological polar surface area (TPSA) is 74.1 Å². The molecule has 0 spiro atoms. The molecule has 0 saturated heterocycles. The van der Waals surface area contributed by atoms with Crippen LogP contribution in [0.2, 0.25) is 5.02 Å². The van der Waals surface area contributed by atoms with Gasteiger partial charge in [0, 0.05) is 24.3 Å². The van der Waals surface area contributed by atoms with Crippen LogP contribution < -0.4 is 15.4 Å². The summed E-state index contributed by atoms with van der Waals surface area (Å²) in [5, 5.41) is 15.5. The lowest BCUT2D eigenvalue weighted by atomic mass is 10.1. The number of nitrogens with zero attached hydrogens (tertiary/aromatic N) is 1. The minimum absolute atomic E-state index is 0.0202. The van der Waals surface area contributed by atoms with Crippen LogP contribution in [0.15, 0.2) is 60.3 Å². The molecule has 0 bridgehead atoms. The molecule has 0 saturated carbocycles. The molecule has 0 heterocycles. The first-order chi connectivity index (χ1) is 12.6. The summed E-state index contributed by atoms with van der Waals surface area (Å²) in [7, 11) is 1.62. The molecule has 0 atom stereocenters. The lowest BCUT2D eigenvalue weighted by Gasteiger charge is -2.07. The molecule has 2 rings (SSSR count). The van der Waals surface area contributed by atoms with E-state index >= 15 is 0 Å². The Morgan fingerprint density at radius 1 is 1.23 bits per heavy atom. The summed E-state index contributed by atoms with van der Waals surface area (Å²) in [5.74, 6) is 0.379. The molecule has 0 aliphatic rings. The highest BCUT2D eigenvalue weighted by Gasteiger charge is 2.08. The number of benzene rings is 2. The average Bonchev–Trinajstić information content (AvgIpc) is 2.67. The highest BCUT2D eigenvalue weighted by molar-refractivity contribution is 6.31. The number of nitriles is 1. The van der Waals surface area contributed by atoms with Crippen molar-refractivity contribution in [3.05, 3.63) is 76.5 Å². The number of carbonyl (C=O) groups excluding carboxylic acids is 1. The van der Waals surface area contributed by atoms with Crippen LogP contribution >= 0.6 is 11.6 Å². The van der Waals surface area contributed by atoms with Crippen LogP contribution in [-0.2, 0) is 17.8 Å². The van der Waals surface area contributed by atoms with Crippen molar-refractivity contribution in [2.45, 2.75) is 13.0 Å². The van der Waals surface area contributed by atoms with E-state index in [0.717, 1.165) is 16.9 Å². The predicted octanol–water partition coefficient (Wildman–Crippen LogP) is 3.20. The van der Waals surface area contributed by atoms with Gasteiger partial charge in [-0.25, -0.2) is 0 Å². The van der Waals surface area contributed by atoms with E-state index in [0.29, 0.717) is 24.5 Å². The Labute approximate surface area is 158 Å². The largest absolute Gasteiger partial charge is 0.497 e. The van der Waals surface area contributed by atoms with Gasteiger partial charge in [0.25, 0.3) is 5.91 Å². The third kappa shape index (κ3) is 5.83. The van der Waals surface area contributed by atoms with Crippen LogP contribution in [0, 0.1) is 11.3 Å². The number of amides is 1. The molecule has 2 aromatic carbocycles. The SMILES string of the molecule is COc1ccc(CCNC(=O)/C(C#N)=C\NCc2ccccc2Cl)cc1. The molecule has 2 aromatic rings. The maximum Gasteiger partial charge on any atom is 0.263 e. The van der Waals surface area contributed by atoms with Crippen LogP contribution in [0.25, 0.3) is 0 Å². The fourth-order valence-electron chi connectivity index (χ4n) is 2.26. The zero-order valence-electron chi connectivity index (χ0n) is 14.5. The highest BCUT2D eigenvalue weighted by Crippen LogP contribution is 2.14. The number of ether oxygens (including phenoxy) is 1. The minimum atomic E-state index is -0.410. The zero-order chi connectivity index (χ0) is 18.8. The fourth-order valence-corrected chi connectivity index (χ4v) is 2.46. The smallest absolute Gasteiger partial charge is 0.263 e. The number of halogens is 1. The van der Waals surface area contributed by atoms with Crippen molar-refractivity contribution in [3.63, 3.8) is 0 Å². The molecular weight excluding hydrogens is 350 g/mol. The van der Waals surface area contributed by atoms with Gasteiger partial charge in [0.05, 0.1) is 7.11 Å². The van der Waals surface area contributed by atoms with E-state index in [-0.39, 0.29) is 5.57 Å². The molecule has 0 radical (unpaired) electrons. The summed E-state index contributed by atoms with van der Waals surface area (Å²) in [6.07, 6.45) is 2.08. The first kappa shape index (κ1) is 19.4. The lowest BCUT2D eigenvalue weighted by Crippen LogP contribution is -2.27. The second kappa shape index (κ2) is 10.1. The molecule has 0 aliphatic heterocycles. The van der Waals surface area contributed by atoms with Gasteiger partial charge in [0.15, 0.2) is 0 Å². The van der Waals surface area contributed by atoms with E-state index in [9.17, 15) is 4.79 Å². The first-order valence-corrected chi connectivity index (χ1v) is 8.50. The molecule has 134 valence electrons. The minimum Gasteiger partial charge on any atom is -0.497 e. The van der Waals surface area contributed by atoms with E-state index in [1.807, 2.05) is 48.5 Å². The molecule has 0 aliphatic carbocycles. The van der Waals surface area contributed by atoms with Crippen molar-refractivity contribution < 1.29 is 9.53 Å². The van der Waals surface area contributed by atoms with Gasteiger partial charge in [0.2, 0.25) is 0 Å². The van der Waals surface area contributed by atoms with Crippen molar-refractivity contribution in [1.82, 2.24) is 10.6 Å². The molecular formula is C20H20ClN3O2. The molecule has 0 unspecified atom stereocenters. The normalized spacial score (nSPS) is 10.7. The number of methoxy groups -OCH3 is 1. The van der Waals surface area contributed by atoms with E-state index in [4.69, 9.17) is 21.6 Å². The number of hydrogen-bond acceptors (Lipinski definition) is 4. The monoisotopic (exact) mass is 369 g/mol. The van der Waals surface area contributed by atoms with Crippen molar-refractivity contribution in [2.75, 3.05) is 13.7 Å². The third-order valence-corrected chi connectivity index (χ3v) is 4.09. The standard InChI is InChI=1S/C20H20ClN3O2/c1-26-18-8-6-15(7-9-18)10-11-24-20(25)17(12-22)14-23-13-16-4-2-3-5-19(16)21/h2-9,14,23H,10-11,13H2,1H3,(H,24,25)/b17-14-. The lowest BCUT2D eigenvalue weighted by molar-refractivity contribution is -0.117. The zero-order valence-corrected chi connectivity index (χ0v) is 15.2. The quantitative estimate of drug-likeness (QED) is 0.553. The summed E-state index contributed by atoms with van der Waals surface area (Å²) < 4.78 is 5.11. The summed E-state index contributed by atoms with van der Waals surface area (Å²) in [6.45, 7) is 0.874. The van der Waals surface area contributed by atoms with E-state index < -0.39 is 5.91 Å². The van der Waals surface area contributed by atoms with E-state index in [2.05, 4.69) is 10.6 Å². The van der Waals surface area contributed by atoms with Crippen LogP contribution in [-0.4, -0.2) is 19.6 Å². The van der Waals surface area contributed by atoms with Crippen LogP contribution in [0.3, 0.4) is 0 Å². The van der Waals surface area contributed by atoms with Crippen molar-refractivity contribution in [3.8, 4) is 11.8 Å². The average molecular weight is 370 g/mol. The molecule has 5 nitrogen and oxygen atoms in total. The van der Waals surface area contributed by atoms with E-state index in [1.165, 1.54) is 6.20 Å². The third-order valence-electron chi connectivity index (χ3n) is 3.72. The van der Waals surface area contributed by atoms with Crippen molar-refractivity contribution in [1.29, 1.82) is 5.26 Å². The van der Waals surface area contributed by atoms with Crippen molar-refractivity contribution in [2.24, 2.45) is 0 Å². The maximum atomic E-state index is 12.1. The molecule has 26 heavy (non-hydrogen) atoms. The van der Waals surface area contributed by atoms with Gasteiger partial charge in [0.1, 0.15) is 17.4 Å². The van der Waals surface area contributed by atoms with Crippen LogP contribution in [0.5, 0.6) is 5.75 Å². The Morgan fingerprint density at radius 2 is 1.96 bits per heavy atom. The summed E-state index contributed by atoms with van der Waals surface area (Å²) in [4.78, 5) is 12.1. The Kier molecular flexibility index (Phi) is 7.53. The van der Waals surface area contributed by atoms with Crippen LogP contribution in [0.1, 0.15) is 11.1 Å². The maximum absolute atomic E-state index is 12.1. The van der Waals surface area contributed by atoms with Gasteiger partial charge < -0.3 is 15.4 Å². The van der Waals surface area contributed by atoms with Gasteiger partial charge in [-0.15, -0.1) is 0 Å². The van der Waals surface area contributed by atoms with Gasteiger partial charge in [-0.1, -0.05) is 41.9 Å². The summed E-state index contributed by atoms with van der Waals surface area (Å²) >= 11 is 6.07. The van der Waals surface area contributed by atoms with E-state index in [1.54, 1.807) is 13.2 Å². The van der Waals surface area contributed by atoms with Gasteiger partial charge in [-0.3, -0.25) is 4.79 Å². The highest BCUT2D eigenvalue weighted by atomic mass is 35.5. The van der Waals surface area contributed by atoms with Gasteiger partial charge in [-0.2, -0.15) is 5.26 Å². The molecule has 0 fully saturated rings. The second-order valence-corrected chi connectivity index (χ2v) is 5.90. The Morgan fingerprint density at radius 3 is 2.62 bits per heavy atom. The number of carbonyl (C=O) groups is 1. The fraction of sp³-hybridized carbons (Fsp3) is 0.200. The number of nitrogens with one attached hydrogen (secondary N) is 2. The second-order valence-electron chi connectivity index (χ2n) is 5.50. The Hall–Kier alpha value is -2.97. The molecule has 0 aromatic heterocycles. The Balaban J connectivity index is 1.81. The molecule has 2 N–H and O–H groups in total. The Bertz CT molecular complexity index is 811. The van der Waals surface area contributed by atoms with Gasteiger partial charge >= 0.3 is 0 Å². The van der Waals surface area contributed by atoms with Crippen LogP contribution in [0.4, 0.5) is 0 Å². The summed E-state index contributed by atoms with van der Waals surface area (Å²) in [6, 6.07) is 16.9. The summed E-state index contributed by atoms with van der Waals surface area (Å²) in [5.41, 5.74) is 1.99.